The van der Waals surface area contributed by atoms with Crippen molar-refractivity contribution in [1.82, 2.24) is 0 Å². The first kappa shape index (κ1) is 16.0. The minimum atomic E-state index is -0.722. The lowest BCUT2D eigenvalue weighted by molar-refractivity contribution is -0.138. The number of rotatable bonds is 6. The quantitative estimate of drug-likeness (QED) is 0.845. The van der Waals surface area contributed by atoms with Crippen LogP contribution in [0.1, 0.15) is 43.6 Å². The maximum Gasteiger partial charge on any atom is 0.307 e. The second-order valence-corrected chi connectivity index (χ2v) is 6.55. The third-order valence-electron chi connectivity index (χ3n) is 4.85. The van der Waals surface area contributed by atoms with Crippen molar-refractivity contribution < 1.29 is 19.4 Å². The van der Waals surface area contributed by atoms with Crippen LogP contribution in [0.25, 0.3) is 0 Å². The average Bonchev–Trinajstić information content (AvgIpc) is 3.36. The summed E-state index contributed by atoms with van der Waals surface area (Å²) in [6.45, 7) is 1.62. The van der Waals surface area contributed by atoms with Crippen LogP contribution in [0.3, 0.4) is 0 Å². The van der Waals surface area contributed by atoms with Gasteiger partial charge < -0.3 is 15.2 Å². The highest BCUT2D eigenvalue weighted by molar-refractivity contribution is 5.90. The number of carbonyl (C=O) groups excluding carboxylic acids is 1. The van der Waals surface area contributed by atoms with Gasteiger partial charge in [0.05, 0.1) is 5.92 Å². The number of carboxylic acids is 1. The number of ether oxygens (including phenoxy) is 1. The maximum atomic E-state index is 12.0. The lowest BCUT2D eigenvalue weighted by Crippen LogP contribution is -2.18. The Hall–Kier alpha value is -1.88. The highest BCUT2D eigenvalue weighted by Gasteiger charge is 2.43. The van der Waals surface area contributed by atoms with Crippen molar-refractivity contribution >= 4 is 17.6 Å². The van der Waals surface area contributed by atoms with Crippen molar-refractivity contribution in [2.75, 3.05) is 18.5 Å². The first-order valence-electron chi connectivity index (χ1n) is 8.34. The van der Waals surface area contributed by atoms with Gasteiger partial charge in [-0.25, -0.2) is 0 Å². The predicted molar refractivity (Wildman–Crippen MR) is 86.3 cm³/mol. The summed E-state index contributed by atoms with van der Waals surface area (Å²) in [6, 6.07) is 7.56. The smallest absolute Gasteiger partial charge is 0.307 e. The van der Waals surface area contributed by atoms with Gasteiger partial charge in [0, 0.05) is 25.3 Å². The van der Waals surface area contributed by atoms with Crippen LogP contribution in [0.5, 0.6) is 0 Å². The normalized spacial score (nSPS) is 24.2. The van der Waals surface area contributed by atoms with E-state index in [1.165, 1.54) is 0 Å². The van der Waals surface area contributed by atoms with Crippen LogP contribution in [0, 0.1) is 11.8 Å². The van der Waals surface area contributed by atoms with Crippen molar-refractivity contribution in [3.05, 3.63) is 29.8 Å². The van der Waals surface area contributed by atoms with Gasteiger partial charge in [-0.3, -0.25) is 9.59 Å². The van der Waals surface area contributed by atoms with E-state index in [1.807, 2.05) is 24.3 Å². The van der Waals surface area contributed by atoms with Crippen molar-refractivity contribution in [2.24, 2.45) is 11.8 Å². The van der Waals surface area contributed by atoms with Gasteiger partial charge in [0.15, 0.2) is 0 Å². The molecule has 0 aromatic heterocycles. The van der Waals surface area contributed by atoms with Gasteiger partial charge in [0.1, 0.15) is 0 Å². The zero-order valence-corrected chi connectivity index (χ0v) is 13.2. The number of aliphatic carboxylic acids is 1. The Labute approximate surface area is 136 Å². The molecule has 0 spiro atoms. The van der Waals surface area contributed by atoms with Crippen molar-refractivity contribution in [1.29, 1.82) is 0 Å². The minimum Gasteiger partial charge on any atom is -0.481 e. The molecule has 5 heteroatoms. The average molecular weight is 317 g/mol. The van der Waals surface area contributed by atoms with Gasteiger partial charge in [0.2, 0.25) is 5.91 Å². The molecule has 1 heterocycles. The van der Waals surface area contributed by atoms with Crippen LogP contribution in [0.15, 0.2) is 24.3 Å². The zero-order valence-electron chi connectivity index (χ0n) is 13.2. The summed E-state index contributed by atoms with van der Waals surface area (Å²) in [6.07, 6.45) is 4.26. The molecule has 1 aliphatic carbocycles. The minimum absolute atomic E-state index is 0.0408. The molecule has 3 rings (SSSR count). The molecule has 124 valence electrons. The Balaban J connectivity index is 1.44. The highest BCUT2D eigenvalue weighted by Crippen LogP contribution is 2.47. The fourth-order valence-electron chi connectivity index (χ4n) is 3.24. The Morgan fingerprint density at radius 3 is 2.48 bits per heavy atom. The van der Waals surface area contributed by atoms with E-state index in [-0.39, 0.29) is 17.7 Å². The molecular weight excluding hydrogens is 294 g/mol. The van der Waals surface area contributed by atoms with Gasteiger partial charge in [0.25, 0.3) is 0 Å². The molecule has 1 aliphatic heterocycles. The maximum absolute atomic E-state index is 12.0. The van der Waals surface area contributed by atoms with E-state index in [0.717, 1.165) is 43.7 Å². The molecule has 1 saturated heterocycles. The van der Waals surface area contributed by atoms with E-state index in [9.17, 15) is 9.59 Å². The van der Waals surface area contributed by atoms with Gasteiger partial charge in [-0.2, -0.15) is 0 Å². The molecule has 0 radical (unpaired) electrons. The molecule has 5 nitrogen and oxygen atoms in total. The third-order valence-corrected chi connectivity index (χ3v) is 4.85. The SMILES string of the molecule is O=C(CCC1CCOCC1)Nc1ccc([C@@H]2C[C@H]2C(=O)O)cc1. The van der Waals surface area contributed by atoms with E-state index in [0.29, 0.717) is 18.8 Å². The molecule has 0 unspecified atom stereocenters. The van der Waals surface area contributed by atoms with Crippen LogP contribution in [-0.4, -0.2) is 30.2 Å². The highest BCUT2D eigenvalue weighted by atomic mass is 16.5. The Bertz CT molecular complexity index is 563. The van der Waals surface area contributed by atoms with Crippen LogP contribution >= 0.6 is 0 Å². The molecule has 1 saturated carbocycles. The number of carbonyl (C=O) groups is 2. The number of hydrogen-bond acceptors (Lipinski definition) is 3. The summed E-state index contributed by atoms with van der Waals surface area (Å²) >= 11 is 0. The van der Waals surface area contributed by atoms with Crippen LogP contribution in [0.2, 0.25) is 0 Å². The van der Waals surface area contributed by atoms with Crippen LogP contribution in [-0.2, 0) is 14.3 Å². The number of benzene rings is 1. The fourth-order valence-corrected chi connectivity index (χ4v) is 3.24. The summed E-state index contributed by atoms with van der Waals surface area (Å²) in [5.41, 5.74) is 1.82. The molecule has 1 aromatic carbocycles. The first-order valence-corrected chi connectivity index (χ1v) is 8.34. The fraction of sp³-hybridized carbons (Fsp3) is 0.556. The van der Waals surface area contributed by atoms with E-state index in [2.05, 4.69) is 5.32 Å². The Morgan fingerprint density at radius 2 is 1.87 bits per heavy atom. The molecule has 2 atom stereocenters. The third kappa shape index (κ3) is 4.32. The predicted octanol–water partition coefficient (Wildman–Crippen LogP) is 3.02. The van der Waals surface area contributed by atoms with Gasteiger partial charge in [-0.15, -0.1) is 0 Å². The largest absolute Gasteiger partial charge is 0.481 e. The molecular formula is C18H23NO4. The Kier molecular flexibility index (Phi) is 4.96. The lowest BCUT2D eigenvalue weighted by Gasteiger charge is -2.21. The molecule has 2 fully saturated rings. The standard InChI is InChI=1S/C18H23NO4/c20-17(6-1-12-7-9-23-10-8-12)19-14-4-2-13(3-5-14)15-11-16(15)18(21)22/h2-5,12,15-16H,1,6-11H2,(H,19,20)(H,21,22)/t15-,16+/m0/s1. The number of amides is 1. The molecule has 1 aromatic rings. The molecule has 0 bridgehead atoms. The van der Waals surface area contributed by atoms with E-state index < -0.39 is 5.97 Å². The summed E-state index contributed by atoms with van der Waals surface area (Å²) in [5.74, 6) is -0.194. The lowest BCUT2D eigenvalue weighted by atomic mass is 9.95. The second kappa shape index (κ2) is 7.13. The van der Waals surface area contributed by atoms with Crippen molar-refractivity contribution in [3.63, 3.8) is 0 Å². The van der Waals surface area contributed by atoms with E-state index in [1.54, 1.807) is 0 Å². The topological polar surface area (TPSA) is 75.6 Å². The molecule has 23 heavy (non-hydrogen) atoms. The molecule has 2 N–H and O–H groups in total. The summed E-state index contributed by atoms with van der Waals surface area (Å²) in [7, 11) is 0. The van der Waals surface area contributed by atoms with Crippen molar-refractivity contribution in [2.45, 2.75) is 38.0 Å². The zero-order chi connectivity index (χ0) is 16.2. The summed E-state index contributed by atoms with van der Waals surface area (Å²) < 4.78 is 5.32. The summed E-state index contributed by atoms with van der Waals surface area (Å²) in [4.78, 5) is 22.9. The van der Waals surface area contributed by atoms with E-state index >= 15 is 0 Å². The van der Waals surface area contributed by atoms with E-state index in [4.69, 9.17) is 9.84 Å². The van der Waals surface area contributed by atoms with Crippen LogP contribution in [0.4, 0.5) is 5.69 Å². The first-order chi connectivity index (χ1) is 11.1. The second-order valence-electron chi connectivity index (χ2n) is 6.55. The monoisotopic (exact) mass is 317 g/mol. The van der Waals surface area contributed by atoms with Gasteiger partial charge >= 0.3 is 5.97 Å². The van der Waals surface area contributed by atoms with Gasteiger partial charge in [-0.1, -0.05) is 12.1 Å². The van der Waals surface area contributed by atoms with Crippen molar-refractivity contribution in [3.8, 4) is 0 Å². The molecule has 1 amide bonds. The number of carboxylic acid groups (broad SMARTS) is 1. The number of nitrogens with one attached hydrogen (secondary N) is 1. The Morgan fingerprint density at radius 1 is 1.17 bits per heavy atom. The number of anilines is 1. The molecule has 2 aliphatic rings. The van der Waals surface area contributed by atoms with Crippen LogP contribution < -0.4 is 5.32 Å². The van der Waals surface area contributed by atoms with Gasteiger partial charge in [-0.05, 0) is 55.2 Å². The number of hydrogen-bond donors (Lipinski definition) is 2. The summed E-state index contributed by atoms with van der Waals surface area (Å²) in [5, 5.41) is 11.9.